The Morgan fingerprint density at radius 1 is 1.39 bits per heavy atom. The molecular formula is C14H19ClN2O. The Bertz CT molecular complexity index is 418. The number of nitrogens with one attached hydrogen (secondary N) is 2. The minimum atomic E-state index is 0.0163. The van der Waals surface area contributed by atoms with Gasteiger partial charge in [0.2, 0.25) is 5.91 Å². The molecule has 3 atom stereocenters. The van der Waals surface area contributed by atoms with Crippen LogP contribution in [0.4, 0.5) is 0 Å². The second-order valence-electron chi connectivity index (χ2n) is 5.02. The van der Waals surface area contributed by atoms with Gasteiger partial charge in [0.15, 0.2) is 0 Å². The summed E-state index contributed by atoms with van der Waals surface area (Å²) >= 11 is 5.85. The summed E-state index contributed by atoms with van der Waals surface area (Å²) in [5, 5.41) is 7.02. The molecule has 0 saturated carbocycles. The number of amides is 1. The van der Waals surface area contributed by atoms with E-state index in [-0.39, 0.29) is 17.9 Å². The van der Waals surface area contributed by atoms with Gasteiger partial charge in [0.25, 0.3) is 0 Å². The van der Waals surface area contributed by atoms with Crippen LogP contribution in [0.25, 0.3) is 0 Å². The number of carbonyl (C=O) groups excluding carboxylic acids is 1. The molecule has 1 amide bonds. The van der Waals surface area contributed by atoms with Crippen LogP contribution in [0.5, 0.6) is 0 Å². The van der Waals surface area contributed by atoms with Gasteiger partial charge in [-0.1, -0.05) is 30.7 Å². The number of hydrogen-bond acceptors (Lipinski definition) is 2. The SMILES string of the molecule is C[C@H](NC(=O)[C@@H]1CNC[C@H]1C)c1ccc(Cl)cc1. The van der Waals surface area contributed by atoms with Crippen LogP contribution in [0.1, 0.15) is 25.5 Å². The molecule has 2 N–H and O–H groups in total. The van der Waals surface area contributed by atoms with Gasteiger partial charge in [0.1, 0.15) is 0 Å². The maximum atomic E-state index is 12.1. The highest BCUT2D eigenvalue weighted by molar-refractivity contribution is 6.30. The molecule has 0 aliphatic carbocycles. The number of halogens is 1. The molecular weight excluding hydrogens is 248 g/mol. The van der Waals surface area contributed by atoms with Crippen molar-refractivity contribution < 1.29 is 4.79 Å². The lowest BCUT2D eigenvalue weighted by molar-refractivity contribution is -0.126. The summed E-state index contributed by atoms with van der Waals surface area (Å²) in [5.74, 6) is 0.622. The monoisotopic (exact) mass is 266 g/mol. The van der Waals surface area contributed by atoms with Crippen molar-refractivity contribution in [3.63, 3.8) is 0 Å². The van der Waals surface area contributed by atoms with Crippen LogP contribution in [0, 0.1) is 11.8 Å². The average molecular weight is 267 g/mol. The van der Waals surface area contributed by atoms with Gasteiger partial charge in [0, 0.05) is 11.6 Å². The largest absolute Gasteiger partial charge is 0.349 e. The lowest BCUT2D eigenvalue weighted by atomic mass is 9.96. The Morgan fingerprint density at radius 2 is 2.06 bits per heavy atom. The molecule has 18 heavy (non-hydrogen) atoms. The highest BCUT2D eigenvalue weighted by Gasteiger charge is 2.30. The van der Waals surface area contributed by atoms with Gasteiger partial charge < -0.3 is 10.6 Å². The highest BCUT2D eigenvalue weighted by atomic mass is 35.5. The van der Waals surface area contributed by atoms with Gasteiger partial charge in [0.05, 0.1) is 12.0 Å². The number of hydrogen-bond donors (Lipinski definition) is 2. The second kappa shape index (κ2) is 5.72. The van der Waals surface area contributed by atoms with Crippen molar-refractivity contribution in [1.82, 2.24) is 10.6 Å². The van der Waals surface area contributed by atoms with Crippen molar-refractivity contribution in [2.24, 2.45) is 11.8 Å². The molecule has 98 valence electrons. The van der Waals surface area contributed by atoms with Crippen LogP contribution in [0.15, 0.2) is 24.3 Å². The Morgan fingerprint density at radius 3 is 2.61 bits per heavy atom. The van der Waals surface area contributed by atoms with Crippen molar-refractivity contribution >= 4 is 17.5 Å². The molecule has 3 nitrogen and oxygen atoms in total. The van der Waals surface area contributed by atoms with E-state index < -0.39 is 0 Å². The molecule has 1 heterocycles. The number of carbonyl (C=O) groups is 1. The average Bonchev–Trinajstić information content (AvgIpc) is 2.76. The van der Waals surface area contributed by atoms with Crippen molar-refractivity contribution in [2.45, 2.75) is 19.9 Å². The summed E-state index contributed by atoms with van der Waals surface area (Å²) in [6.45, 7) is 5.80. The third-order valence-electron chi connectivity index (χ3n) is 3.58. The molecule has 1 saturated heterocycles. The maximum Gasteiger partial charge on any atom is 0.225 e. The fourth-order valence-electron chi connectivity index (χ4n) is 2.32. The lowest BCUT2D eigenvalue weighted by Crippen LogP contribution is -2.35. The molecule has 1 aliphatic rings. The van der Waals surface area contributed by atoms with E-state index in [9.17, 15) is 4.79 Å². The molecule has 2 rings (SSSR count). The zero-order chi connectivity index (χ0) is 13.1. The normalized spacial score (nSPS) is 24.8. The summed E-state index contributed by atoms with van der Waals surface area (Å²) in [6, 6.07) is 7.61. The molecule has 1 fully saturated rings. The third-order valence-corrected chi connectivity index (χ3v) is 3.83. The Hall–Kier alpha value is -1.06. The standard InChI is InChI=1S/C14H19ClN2O/c1-9-7-16-8-13(9)14(18)17-10(2)11-3-5-12(15)6-4-11/h3-6,9-10,13,16H,7-8H2,1-2H3,(H,17,18)/t9-,10+,13-/m1/s1. The third kappa shape index (κ3) is 3.03. The first-order chi connectivity index (χ1) is 8.58. The summed E-state index contributed by atoms with van der Waals surface area (Å²) in [7, 11) is 0. The van der Waals surface area contributed by atoms with Crippen LogP contribution in [0.3, 0.4) is 0 Å². The van der Waals surface area contributed by atoms with Crippen LogP contribution >= 0.6 is 11.6 Å². The molecule has 0 unspecified atom stereocenters. The molecule has 1 aliphatic heterocycles. The molecule has 1 aromatic rings. The molecule has 1 aromatic carbocycles. The summed E-state index contributed by atoms with van der Waals surface area (Å²) in [5.41, 5.74) is 1.08. The van der Waals surface area contributed by atoms with Gasteiger partial charge in [-0.25, -0.2) is 0 Å². The summed E-state index contributed by atoms with van der Waals surface area (Å²) in [6.07, 6.45) is 0. The minimum Gasteiger partial charge on any atom is -0.349 e. The van der Waals surface area contributed by atoms with Crippen molar-refractivity contribution in [1.29, 1.82) is 0 Å². The first-order valence-corrected chi connectivity index (χ1v) is 6.72. The van der Waals surface area contributed by atoms with E-state index in [2.05, 4.69) is 17.6 Å². The van der Waals surface area contributed by atoms with E-state index in [0.717, 1.165) is 18.7 Å². The van der Waals surface area contributed by atoms with E-state index in [1.54, 1.807) is 0 Å². The van der Waals surface area contributed by atoms with E-state index >= 15 is 0 Å². The fourth-order valence-corrected chi connectivity index (χ4v) is 2.44. The fraction of sp³-hybridized carbons (Fsp3) is 0.500. The van der Waals surface area contributed by atoms with Crippen LogP contribution in [0.2, 0.25) is 5.02 Å². The Balaban J connectivity index is 1.96. The predicted molar refractivity (Wildman–Crippen MR) is 73.5 cm³/mol. The van der Waals surface area contributed by atoms with Crippen molar-refractivity contribution in [2.75, 3.05) is 13.1 Å². The molecule has 0 aromatic heterocycles. The van der Waals surface area contributed by atoms with E-state index in [4.69, 9.17) is 11.6 Å². The quantitative estimate of drug-likeness (QED) is 0.882. The lowest BCUT2D eigenvalue weighted by Gasteiger charge is -2.19. The molecule has 4 heteroatoms. The van der Waals surface area contributed by atoms with Gasteiger partial charge in [-0.3, -0.25) is 4.79 Å². The second-order valence-corrected chi connectivity index (χ2v) is 5.46. The molecule has 0 spiro atoms. The Labute approximate surface area is 113 Å². The smallest absolute Gasteiger partial charge is 0.225 e. The van der Waals surface area contributed by atoms with Gasteiger partial charge >= 0.3 is 0 Å². The van der Waals surface area contributed by atoms with Gasteiger partial charge in [-0.15, -0.1) is 0 Å². The first kappa shape index (κ1) is 13.4. The first-order valence-electron chi connectivity index (χ1n) is 6.34. The van der Waals surface area contributed by atoms with Crippen LogP contribution in [-0.2, 0) is 4.79 Å². The summed E-state index contributed by atoms with van der Waals surface area (Å²) < 4.78 is 0. The zero-order valence-corrected chi connectivity index (χ0v) is 11.5. The highest BCUT2D eigenvalue weighted by Crippen LogP contribution is 2.19. The van der Waals surface area contributed by atoms with Crippen LogP contribution < -0.4 is 10.6 Å². The van der Waals surface area contributed by atoms with Crippen molar-refractivity contribution in [3.05, 3.63) is 34.9 Å². The Kier molecular flexibility index (Phi) is 4.25. The van der Waals surface area contributed by atoms with Gasteiger partial charge in [-0.2, -0.15) is 0 Å². The van der Waals surface area contributed by atoms with E-state index in [0.29, 0.717) is 10.9 Å². The molecule has 0 bridgehead atoms. The zero-order valence-electron chi connectivity index (χ0n) is 10.7. The van der Waals surface area contributed by atoms with Crippen LogP contribution in [-0.4, -0.2) is 19.0 Å². The molecule has 0 radical (unpaired) electrons. The van der Waals surface area contributed by atoms with E-state index in [1.807, 2.05) is 31.2 Å². The number of rotatable bonds is 3. The van der Waals surface area contributed by atoms with E-state index in [1.165, 1.54) is 0 Å². The summed E-state index contributed by atoms with van der Waals surface area (Å²) in [4.78, 5) is 12.1. The predicted octanol–water partition coefficient (Wildman–Crippen LogP) is 2.37. The maximum absolute atomic E-state index is 12.1. The topological polar surface area (TPSA) is 41.1 Å². The van der Waals surface area contributed by atoms with Gasteiger partial charge in [-0.05, 0) is 37.1 Å². The van der Waals surface area contributed by atoms with Crippen molar-refractivity contribution in [3.8, 4) is 0 Å². The minimum absolute atomic E-state index is 0.0163. The number of benzene rings is 1.